The minimum Gasteiger partial charge on any atom is -0.459 e. The number of hydrogen-bond acceptors (Lipinski definition) is 3. The van der Waals surface area contributed by atoms with Crippen LogP contribution in [0.3, 0.4) is 0 Å². The van der Waals surface area contributed by atoms with E-state index in [1.54, 1.807) is 18.2 Å². The molecule has 0 bridgehead atoms. The summed E-state index contributed by atoms with van der Waals surface area (Å²) in [5, 5.41) is 11.9. The van der Waals surface area contributed by atoms with E-state index in [1.807, 2.05) is 13.8 Å². The zero-order valence-corrected chi connectivity index (χ0v) is 12.0. The molecule has 0 aliphatic carbocycles. The maximum atomic E-state index is 13.0. The third-order valence-electron chi connectivity index (χ3n) is 3.53. The van der Waals surface area contributed by atoms with Crippen LogP contribution < -0.4 is 5.32 Å². The monoisotopic (exact) mass is 291 g/mol. The van der Waals surface area contributed by atoms with Gasteiger partial charge in [-0.1, -0.05) is 19.1 Å². The van der Waals surface area contributed by atoms with Crippen LogP contribution in [-0.2, 0) is 0 Å². The summed E-state index contributed by atoms with van der Waals surface area (Å²) in [4.78, 5) is 12.2. The second-order valence-electron chi connectivity index (χ2n) is 5.09. The molecule has 1 aromatic heterocycles. The van der Waals surface area contributed by atoms with Gasteiger partial charge in [-0.3, -0.25) is 4.79 Å². The molecule has 0 saturated heterocycles. The number of hydrogen-bond donors (Lipinski definition) is 2. The molecule has 5 heteroatoms. The van der Waals surface area contributed by atoms with Gasteiger partial charge < -0.3 is 14.8 Å². The molecule has 1 heterocycles. The van der Waals surface area contributed by atoms with Crippen molar-refractivity contribution in [2.45, 2.75) is 19.9 Å². The number of furan rings is 1. The van der Waals surface area contributed by atoms with E-state index < -0.39 is 0 Å². The third-order valence-corrected chi connectivity index (χ3v) is 3.53. The highest BCUT2D eigenvalue weighted by Gasteiger charge is 2.20. The fraction of sp³-hybridized carbons (Fsp3) is 0.312. The predicted octanol–water partition coefficient (Wildman–Crippen LogP) is 2.83. The Kier molecular flexibility index (Phi) is 4.75. The van der Waals surface area contributed by atoms with E-state index in [4.69, 9.17) is 9.52 Å². The fourth-order valence-corrected chi connectivity index (χ4v) is 1.91. The van der Waals surface area contributed by atoms with E-state index in [-0.39, 0.29) is 36.1 Å². The van der Waals surface area contributed by atoms with Crippen molar-refractivity contribution < 1.29 is 18.7 Å². The SMILES string of the molecule is CC(CO)C(C)NC(=O)c1occc1-c1ccc(F)cc1. The number of carbonyl (C=O) groups is 1. The molecule has 4 nitrogen and oxygen atoms in total. The molecule has 1 aromatic carbocycles. The standard InChI is InChI=1S/C16H18FNO3/c1-10(9-19)11(2)18-16(20)15-14(7-8-21-15)12-3-5-13(17)6-4-12/h3-8,10-11,19H,9H2,1-2H3,(H,18,20). The lowest BCUT2D eigenvalue weighted by atomic mass is 10.0. The van der Waals surface area contributed by atoms with Crippen LogP contribution in [0.5, 0.6) is 0 Å². The Balaban J connectivity index is 2.20. The first-order chi connectivity index (χ1) is 10.0. The summed E-state index contributed by atoms with van der Waals surface area (Å²) in [5.41, 5.74) is 1.31. The average Bonchev–Trinajstić information content (AvgIpc) is 2.96. The van der Waals surface area contributed by atoms with Crippen LogP contribution >= 0.6 is 0 Å². The Hall–Kier alpha value is -2.14. The summed E-state index contributed by atoms with van der Waals surface area (Å²) in [5.74, 6) is -0.567. The molecule has 0 aliphatic rings. The molecule has 112 valence electrons. The summed E-state index contributed by atoms with van der Waals surface area (Å²) >= 11 is 0. The minimum atomic E-state index is -0.355. The first-order valence-electron chi connectivity index (χ1n) is 6.78. The van der Waals surface area contributed by atoms with Crippen molar-refractivity contribution in [2.75, 3.05) is 6.61 Å². The molecule has 0 aliphatic heterocycles. The number of carbonyl (C=O) groups excluding carboxylic acids is 1. The largest absolute Gasteiger partial charge is 0.459 e. The van der Waals surface area contributed by atoms with Gasteiger partial charge in [0, 0.05) is 18.2 Å². The van der Waals surface area contributed by atoms with Crippen molar-refractivity contribution in [1.82, 2.24) is 5.32 Å². The number of halogens is 1. The van der Waals surface area contributed by atoms with Gasteiger partial charge in [0.15, 0.2) is 5.76 Å². The van der Waals surface area contributed by atoms with Gasteiger partial charge in [-0.15, -0.1) is 0 Å². The Labute approximate surface area is 122 Å². The molecular formula is C16H18FNO3. The maximum Gasteiger partial charge on any atom is 0.287 e. The molecule has 0 spiro atoms. The van der Waals surface area contributed by atoms with Crippen LogP contribution in [0.4, 0.5) is 4.39 Å². The maximum absolute atomic E-state index is 13.0. The quantitative estimate of drug-likeness (QED) is 0.890. The van der Waals surface area contributed by atoms with Gasteiger partial charge in [0.25, 0.3) is 5.91 Å². The molecule has 0 fully saturated rings. The van der Waals surface area contributed by atoms with Gasteiger partial charge in [-0.05, 0) is 36.6 Å². The van der Waals surface area contributed by atoms with Crippen LogP contribution in [0.15, 0.2) is 41.0 Å². The van der Waals surface area contributed by atoms with E-state index in [1.165, 1.54) is 18.4 Å². The summed E-state index contributed by atoms with van der Waals surface area (Å²) in [6.45, 7) is 3.65. The lowest BCUT2D eigenvalue weighted by Crippen LogP contribution is -2.38. The van der Waals surface area contributed by atoms with Crippen LogP contribution in [0, 0.1) is 11.7 Å². The first kappa shape index (κ1) is 15.3. The lowest BCUT2D eigenvalue weighted by Gasteiger charge is -2.18. The van der Waals surface area contributed by atoms with Crippen LogP contribution in [0.2, 0.25) is 0 Å². The Morgan fingerprint density at radius 3 is 2.57 bits per heavy atom. The molecule has 2 rings (SSSR count). The molecule has 2 unspecified atom stereocenters. The lowest BCUT2D eigenvalue weighted by molar-refractivity contribution is 0.0889. The number of nitrogens with one attached hydrogen (secondary N) is 1. The molecule has 2 N–H and O–H groups in total. The minimum absolute atomic E-state index is 0.00950. The zero-order chi connectivity index (χ0) is 15.4. The van der Waals surface area contributed by atoms with E-state index in [0.29, 0.717) is 11.1 Å². The summed E-state index contributed by atoms with van der Waals surface area (Å²) in [6.07, 6.45) is 1.42. The van der Waals surface area contributed by atoms with Gasteiger partial charge in [0.2, 0.25) is 0 Å². The zero-order valence-electron chi connectivity index (χ0n) is 12.0. The van der Waals surface area contributed by atoms with E-state index in [2.05, 4.69) is 5.32 Å². The number of aliphatic hydroxyl groups excluding tert-OH is 1. The van der Waals surface area contributed by atoms with Crippen molar-refractivity contribution in [3.8, 4) is 11.1 Å². The molecule has 2 atom stereocenters. The van der Waals surface area contributed by atoms with E-state index in [9.17, 15) is 9.18 Å². The number of rotatable bonds is 5. The van der Waals surface area contributed by atoms with Crippen molar-refractivity contribution >= 4 is 5.91 Å². The number of benzene rings is 1. The molecular weight excluding hydrogens is 273 g/mol. The highest BCUT2D eigenvalue weighted by Crippen LogP contribution is 2.25. The van der Waals surface area contributed by atoms with Gasteiger partial charge in [0.1, 0.15) is 5.82 Å². The molecule has 2 aromatic rings. The first-order valence-corrected chi connectivity index (χ1v) is 6.78. The van der Waals surface area contributed by atoms with Gasteiger partial charge in [-0.25, -0.2) is 4.39 Å². The van der Waals surface area contributed by atoms with Gasteiger partial charge >= 0.3 is 0 Å². The molecule has 0 saturated carbocycles. The normalized spacial score (nSPS) is 13.7. The van der Waals surface area contributed by atoms with Crippen LogP contribution in [0.25, 0.3) is 11.1 Å². The summed E-state index contributed by atoms with van der Waals surface area (Å²) < 4.78 is 18.2. The van der Waals surface area contributed by atoms with Crippen molar-refractivity contribution in [3.05, 3.63) is 48.2 Å². The average molecular weight is 291 g/mol. The summed E-state index contributed by atoms with van der Waals surface area (Å²) in [6, 6.07) is 7.34. The van der Waals surface area contributed by atoms with E-state index >= 15 is 0 Å². The third kappa shape index (κ3) is 3.49. The number of aliphatic hydroxyl groups is 1. The Bertz CT molecular complexity index is 606. The summed E-state index contributed by atoms with van der Waals surface area (Å²) in [7, 11) is 0. The molecule has 0 radical (unpaired) electrons. The van der Waals surface area contributed by atoms with Crippen molar-refractivity contribution in [3.63, 3.8) is 0 Å². The topological polar surface area (TPSA) is 62.5 Å². The number of amides is 1. The van der Waals surface area contributed by atoms with Crippen molar-refractivity contribution in [2.24, 2.45) is 5.92 Å². The smallest absolute Gasteiger partial charge is 0.287 e. The molecule has 1 amide bonds. The Morgan fingerprint density at radius 2 is 1.95 bits per heavy atom. The van der Waals surface area contributed by atoms with Crippen molar-refractivity contribution in [1.29, 1.82) is 0 Å². The van der Waals surface area contributed by atoms with Gasteiger partial charge in [0.05, 0.1) is 6.26 Å². The predicted molar refractivity (Wildman–Crippen MR) is 77.3 cm³/mol. The highest BCUT2D eigenvalue weighted by atomic mass is 19.1. The Morgan fingerprint density at radius 1 is 1.29 bits per heavy atom. The second kappa shape index (κ2) is 6.54. The fourth-order valence-electron chi connectivity index (χ4n) is 1.91. The highest BCUT2D eigenvalue weighted by molar-refractivity contribution is 5.98. The van der Waals surface area contributed by atoms with E-state index in [0.717, 1.165) is 0 Å². The van der Waals surface area contributed by atoms with Crippen LogP contribution in [0.1, 0.15) is 24.4 Å². The molecule has 21 heavy (non-hydrogen) atoms. The van der Waals surface area contributed by atoms with Gasteiger partial charge in [-0.2, -0.15) is 0 Å². The van der Waals surface area contributed by atoms with Crippen LogP contribution in [-0.4, -0.2) is 23.7 Å². The second-order valence-corrected chi connectivity index (χ2v) is 5.09.